The number of anilines is 4. The molecule has 5 heterocycles. The molecule has 2 aliphatic heterocycles. The molecule has 2 aliphatic rings. The number of hydrogen-bond acceptors (Lipinski definition) is 8. The van der Waals surface area contributed by atoms with Crippen molar-refractivity contribution >= 4 is 34.3 Å². The lowest BCUT2D eigenvalue weighted by Crippen LogP contribution is -2.35. The molecule has 31 heavy (non-hydrogen) atoms. The Morgan fingerprint density at radius 1 is 1.03 bits per heavy atom. The van der Waals surface area contributed by atoms with Crippen LogP contribution in [-0.2, 0) is 0 Å². The lowest BCUT2D eigenvalue weighted by molar-refractivity contribution is 0.478. The largest absolute Gasteiger partial charge is 0.367 e. The molecule has 0 bridgehead atoms. The molecule has 164 valence electrons. The fraction of sp³-hybridized carbons (Fsp3) is 0.545. The van der Waals surface area contributed by atoms with Gasteiger partial charge < -0.3 is 20.9 Å². The Labute approximate surface area is 182 Å². The van der Waals surface area contributed by atoms with Crippen molar-refractivity contribution in [2.24, 2.45) is 0 Å². The molecular formula is C22H31N9. The lowest BCUT2D eigenvalue weighted by Gasteiger charge is -2.25. The summed E-state index contributed by atoms with van der Waals surface area (Å²) >= 11 is 0. The van der Waals surface area contributed by atoms with Gasteiger partial charge in [-0.3, -0.25) is 4.68 Å². The summed E-state index contributed by atoms with van der Waals surface area (Å²) in [6.45, 7) is 8.42. The molecule has 0 unspecified atom stereocenters. The zero-order valence-corrected chi connectivity index (χ0v) is 18.3. The van der Waals surface area contributed by atoms with Crippen molar-refractivity contribution in [1.82, 2.24) is 30.0 Å². The van der Waals surface area contributed by atoms with Gasteiger partial charge in [-0.15, -0.1) is 0 Å². The molecule has 0 aromatic carbocycles. The highest BCUT2D eigenvalue weighted by molar-refractivity contribution is 5.81. The van der Waals surface area contributed by atoms with E-state index in [1.165, 1.54) is 12.8 Å². The van der Waals surface area contributed by atoms with Crippen molar-refractivity contribution in [2.75, 3.05) is 41.7 Å². The summed E-state index contributed by atoms with van der Waals surface area (Å²) in [6, 6.07) is 4.82. The van der Waals surface area contributed by atoms with Crippen LogP contribution in [0.3, 0.4) is 0 Å². The fourth-order valence-electron chi connectivity index (χ4n) is 4.38. The molecule has 9 nitrogen and oxygen atoms in total. The number of nitrogens with zero attached hydrogens (tertiary/aromatic N) is 6. The third-order valence-electron chi connectivity index (χ3n) is 6.04. The SMILES string of the molecule is CC(C)n1ncc2cnc(Nc3nc(NC4CCNCC4)cc(N4CCCC4)n3)cc21. The second-order valence-corrected chi connectivity index (χ2v) is 8.73. The van der Waals surface area contributed by atoms with E-state index < -0.39 is 0 Å². The molecule has 2 saturated heterocycles. The summed E-state index contributed by atoms with van der Waals surface area (Å²) < 4.78 is 2.01. The Bertz CT molecular complexity index is 1030. The molecule has 0 amide bonds. The minimum absolute atomic E-state index is 0.281. The van der Waals surface area contributed by atoms with E-state index >= 15 is 0 Å². The summed E-state index contributed by atoms with van der Waals surface area (Å²) in [4.78, 5) is 16.5. The van der Waals surface area contributed by atoms with Gasteiger partial charge in [-0.25, -0.2) is 4.98 Å². The van der Waals surface area contributed by atoms with E-state index in [1.807, 2.05) is 23.1 Å². The third kappa shape index (κ3) is 4.41. The zero-order chi connectivity index (χ0) is 21.2. The van der Waals surface area contributed by atoms with Crippen LogP contribution in [0.5, 0.6) is 0 Å². The average molecular weight is 422 g/mol. The maximum atomic E-state index is 4.82. The smallest absolute Gasteiger partial charge is 0.232 e. The number of rotatable bonds is 6. The Balaban J connectivity index is 1.44. The Hall–Kier alpha value is -2.94. The number of nitrogens with one attached hydrogen (secondary N) is 3. The van der Waals surface area contributed by atoms with Gasteiger partial charge >= 0.3 is 0 Å². The highest BCUT2D eigenvalue weighted by Gasteiger charge is 2.19. The van der Waals surface area contributed by atoms with E-state index in [9.17, 15) is 0 Å². The second-order valence-electron chi connectivity index (χ2n) is 8.73. The predicted octanol–water partition coefficient (Wildman–Crippen LogP) is 3.31. The van der Waals surface area contributed by atoms with Gasteiger partial charge in [0.2, 0.25) is 5.95 Å². The maximum Gasteiger partial charge on any atom is 0.232 e. The highest BCUT2D eigenvalue weighted by atomic mass is 15.3. The summed E-state index contributed by atoms with van der Waals surface area (Å²) in [5, 5.41) is 15.9. The van der Waals surface area contributed by atoms with Gasteiger partial charge in [-0.2, -0.15) is 15.1 Å². The van der Waals surface area contributed by atoms with E-state index in [1.54, 1.807) is 0 Å². The van der Waals surface area contributed by atoms with Crippen LogP contribution >= 0.6 is 0 Å². The molecule has 0 spiro atoms. The van der Waals surface area contributed by atoms with Crippen LogP contribution in [0.15, 0.2) is 24.5 Å². The summed E-state index contributed by atoms with van der Waals surface area (Å²) in [5.41, 5.74) is 1.05. The second kappa shape index (κ2) is 8.66. The summed E-state index contributed by atoms with van der Waals surface area (Å²) in [5.74, 6) is 3.14. The van der Waals surface area contributed by atoms with Gasteiger partial charge in [-0.1, -0.05) is 0 Å². The topological polar surface area (TPSA) is 95.8 Å². The van der Waals surface area contributed by atoms with Crippen LogP contribution < -0.4 is 20.9 Å². The predicted molar refractivity (Wildman–Crippen MR) is 124 cm³/mol. The number of aromatic nitrogens is 5. The monoisotopic (exact) mass is 421 g/mol. The van der Waals surface area contributed by atoms with Crippen molar-refractivity contribution in [1.29, 1.82) is 0 Å². The molecule has 3 N–H and O–H groups in total. The van der Waals surface area contributed by atoms with Crippen molar-refractivity contribution in [3.8, 4) is 0 Å². The maximum absolute atomic E-state index is 4.82. The number of piperidine rings is 1. The van der Waals surface area contributed by atoms with Crippen LogP contribution in [0.25, 0.3) is 10.9 Å². The van der Waals surface area contributed by atoms with E-state index in [0.717, 1.165) is 67.4 Å². The van der Waals surface area contributed by atoms with Crippen LogP contribution in [0.1, 0.15) is 45.6 Å². The molecule has 0 saturated carbocycles. The Morgan fingerprint density at radius 2 is 1.84 bits per heavy atom. The molecule has 0 atom stereocenters. The van der Waals surface area contributed by atoms with Gasteiger partial charge in [0.1, 0.15) is 17.5 Å². The first-order valence-electron chi connectivity index (χ1n) is 11.4. The van der Waals surface area contributed by atoms with E-state index in [-0.39, 0.29) is 6.04 Å². The number of fused-ring (bicyclic) bond motifs is 1. The average Bonchev–Trinajstić information content (AvgIpc) is 3.44. The standard InChI is InChI=1S/C22H31N9/c1-15(2)31-18-11-19(24-13-16(18)14-25-31)27-22-28-20(26-17-5-7-23-8-6-17)12-21(29-22)30-9-3-4-10-30/h11-15,17,23H,3-10H2,1-2H3,(H2,24,26,27,28,29). The number of pyridine rings is 1. The van der Waals surface area contributed by atoms with Gasteiger partial charge in [0.25, 0.3) is 0 Å². The molecule has 9 heteroatoms. The van der Waals surface area contributed by atoms with Gasteiger partial charge in [0.15, 0.2) is 0 Å². The summed E-state index contributed by atoms with van der Waals surface area (Å²) in [7, 11) is 0. The normalized spacial score (nSPS) is 17.6. The van der Waals surface area contributed by atoms with E-state index in [4.69, 9.17) is 9.97 Å². The minimum atomic E-state index is 0.281. The zero-order valence-electron chi connectivity index (χ0n) is 18.3. The van der Waals surface area contributed by atoms with Crippen molar-refractivity contribution in [2.45, 2.75) is 51.6 Å². The first-order valence-corrected chi connectivity index (χ1v) is 11.4. The first-order chi connectivity index (χ1) is 15.2. The van der Waals surface area contributed by atoms with Crippen LogP contribution in [0.2, 0.25) is 0 Å². The van der Waals surface area contributed by atoms with Crippen LogP contribution in [0, 0.1) is 0 Å². The quantitative estimate of drug-likeness (QED) is 0.558. The molecule has 2 fully saturated rings. The van der Waals surface area contributed by atoms with Gasteiger partial charge in [-0.05, 0) is 52.6 Å². The van der Waals surface area contributed by atoms with Crippen LogP contribution in [0.4, 0.5) is 23.4 Å². The van der Waals surface area contributed by atoms with Crippen LogP contribution in [-0.4, -0.2) is 57.0 Å². The highest BCUT2D eigenvalue weighted by Crippen LogP contribution is 2.26. The molecule has 3 aromatic rings. The number of hydrogen-bond donors (Lipinski definition) is 3. The molecular weight excluding hydrogens is 390 g/mol. The first kappa shape index (κ1) is 20.0. The van der Waals surface area contributed by atoms with E-state index in [0.29, 0.717) is 12.0 Å². The van der Waals surface area contributed by atoms with Gasteiger partial charge in [0, 0.05) is 48.9 Å². The molecule has 3 aromatic heterocycles. The Kier molecular flexibility index (Phi) is 5.59. The fourth-order valence-corrected chi connectivity index (χ4v) is 4.38. The van der Waals surface area contributed by atoms with E-state index in [2.05, 4.69) is 50.8 Å². The Morgan fingerprint density at radius 3 is 2.61 bits per heavy atom. The molecule has 0 aliphatic carbocycles. The van der Waals surface area contributed by atoms with Crippen molar-refractivity contribution in [3.05, 3.63) is 24.5 Å². The molecule has 0 radical (unpaired) electrons. The van der Waals surface area contributed by atoms with Gasteiger partial charge in [0.05, 0.1) is 11.7 Å². The minimum Gasteiger partial charge on any atom is -0.367 e. The third-order valence-corrected chi connectivity index (χ3v) is 6.04. The summed E-state index contributed by atoms with van der Waals surface area (Å²) in [6.07, 6.45) is 8.33. The molecule has 5 rings (SSSR count). The lowest BCUT2D eigenvalue weighted by atomic mass is 10.1. The van der Waals surface area contributed by atoms with Crippen molar-refractivity contribution in [3.63, 3.8) is 0 Å². The van der Waals surface area contributed by atoms with Crippen molar-refractivity contribution < 1.29 is 0 Å².